The minimum atomic E-state index is 0.805. The van der Waals surface area contributed by atoms with Gasteiger partial charge < -0.3 is 9.88 Å². The van der Waals surface area contributed by atoms with E-state index in [1.807, 2.05) is 0 Å². The van der Waals surface area contributed by atoms with Gasteiger partial charge in [-0.1, -0.05) is 13.8 Å². The number of rotatable bonds is 7. The molecule has 1 aromatic rings. The van der Waals surface area contributed by atoms with E-state index in [4.69, 9.17) is 0 Å². The molecule has 1 heterocycles. The summed E-state index contributed by atoms with van der Waals surface area (Å²) < 4.78 is 2.40. The molecule has 1 aliphatic carbocycles. The molecule has 0 saturated heterocycles. The molecule has 2 nitrogen and oxygen atoms in total. The first-order chi connectivity index (χ1) is 7.75. The molecule has 0 radical (unpaired) electrons. The van der Waals surface area contributed by atoms with Gasteiger partial charge >= 0.3 is 0 Å². The first-order valence-corrected chi connectivity index (χ1v) is 6.63. The number of hydrogen-bond donors (Lipinski definition) is 1. The Morgan fingerprint density at radius 3 is 2.94 bits per heavy atom. The topological polar surface area (TPSA) is 17.0 Å². The van der Waals surface area contributed by atoms with Crippen LogP contribution in [0.25, 0.3) is 0 Å². The zero-order valence-electron chi connectivity index (χ0n) is 10.6. The minimum Gasteiger partial charge on any atom is -0.350 e. The van der Waals surface area contributed by atoms with Gasteiger partial charge in [0.15, 0.2) is 0 Å². The lowest BCUT2D eigenvalue weighted by atomic mass is 10.1. The van der Waals surface area contributed by atoms with E-state index < -0.39 is 0 Å². The van der Waals surface area contributed by atoms with Gasteiger partial charge in [0.05, 0.1) is 0 Å². The largest absolute Gasteiger partial charge is 0.350 e. The van der Waals surface area contributed by atoms with Crippen molar-refractivity contribution in [2.24, 2.45) is 5.92 Å². The van der Waals surface area contributed by atoms with Gasteiger partial charge in [-0.3, -0.25) is 0 Å². The van der Waals surface area contributed by atoms with Crippen LogP contribution in [0.5, 0.6) is 0 Å². The molecule has 0 bridgehead atoms. The minimum absolute atomic E-state index is 0.805. The van der Waals surface area contributed by atoms with E-state index in [0.29, 0.717) is 0 Å². The maximum atomic E-state index is 3.58. The third-order valence-corrected chi connectivity index (χ3v) is 3.25. The van der Waals surface area contributed by atoms with E-state index in [0.717, 1.165) is 18.5 Å². The first-order valence-electron chi connectivity index (χ1n) is 6.63. The lowest BCUT2D eigenvalue weighted by Crippen LogP contribution is -2.18. The van der Waals surface area contributed by atoms with Gasteiger partial charge in [0.25, 0.3) is 0 Å². The summed E-state index contributed by atoms with van der Waals surface area (Å²) in [4.78, 5) is 0. The SMILES string of the molecule is CC(C)CCCn1cccc1CNC1CC1. The summed E-state index contributed by atoms with van der Waals surface area (Å²) >= 11 is 0. The van der Waals surface area contributed by atoms with Crippen molar-refractivity contribution in [3.05, 3.63) is 24.0 Å². The zero-order valence-corrected chi connectivity index (χ0v) is 10.6. The molecule has 16 heavy (non-hydrogen) atoms. The molecule has 0 aliphatic heterocycles. The molecule has 0 amide bonds. The van der Waals surface area contributed by atoms with Gasteiger partial charge in [-0.15, -0.1) is 0 Å². The Morgan fingerprint density at radius 2 is 2.25 bits per heavy atom. The van der Waals surface area contributed by atoms with E-state index in [1.54, 1.807) is 0 Å². The van der Waals surface area contributed by atoms with Crippen LogP contribution in [0, 0.1) is 5.92 Å². The van der Waals surface area contributed by atoms with Crippen LogP contribution in [0.1, 0.15) is 45.2 Å². The number of nitrogens with zero attached hydrogens (tertiary/aromatic N) is 1. The Hall–Kier alpha value is -0.760. The third kappa shape index (κ3) is 3.67. The summed E-state index contributed by atoms with van der Waals surface area (Å²) in [5.74, 6) is 0.823. The molecule has 1 saturated carbocycles. The zero-order chi connectivity index (χ0) is 11.4. The Morgan fingerprint density at radius 1 is 1.44 bits per heavy atom. The summed E-state index contributed by atoms with van der Waals surface area (Å²) in [7, 11) is 0. The second-order valence-corrected chi connectivity index (χ2v) is 5.38. The van der Waals surface area contributed by atoms with E-state index in [9.17, 15) is 0 Å². The monoisotopic (exact) mass is 220 g/mol. The van der Waals surface area contributed by atoms with Crippen molar-refractivity contribution in [3.8, 4) is 0 Å². The average Bonchev–Trinajstić information content (AvgIpc) is 2.96. The third-order valence-electron chi connectivity index (χ3n) is 3.25. The maximum absolute atomic E-state index is 3.58. The van der Waals surface area contributed by atoms with Crippen LogP contribution in [0.15, 0.2) is 18.3 Å². The van der Waals surface area contributed by atoms with Gasteiger partial charge in [0, 0.05) is 31.0 Å². The fourth-order valence-electron chi connectivity index (χ4n) is 2.03. The van der Waals surface area contributed by atoms with Gasteiger partial charge in [0.1, 0.15) is 0 Å². The van der Waals surface area contributed by atoms with E-state index in [1.165, 1.54) is 37.9 Å². The molecular weight excluding hydrogens is 196 g/mol. The molecule has 0 aromatic carbocycles. The molecule has 90 valence electrons. The van der Waals surface area contributed by atoms with Crippen LogP contribution in [-0.4, -0.2) is 10.6 Å². The fourth-order valence-corrected chi connectivity index (χ4v) is 2.03. The van der Waals surface area contributed by atoms with Crippen molar-refractivity contribution < 1.29 is 0 Å². The van der Waals surface area contributed by atoms with E-state index in [2.05, 4.69) is 42.1 Å². The highest BCUT2D eigenvalue weighted by Crippen LogP contribution is 2.19. The van der Waals surface area contributed by atoms with E-state index in [-0.39, 0.29) is 0 Å². The summed E-state index contributed by atoms with van der Waals surface area (Å²) in [5.41, 5.74) is 1.44. The predicted octanol–water partition coefficient (Wildman–Crippen LogP) is 3.18. The van der Waals surface area contributed by atoms with Crippen molar-refractivity contribution >= 4 is 0 Å². The van der Waals surface area contributed by atoms with Gasteiger partial charge in [-0.05, 0) is 43.7 Å². The van der Waals surface area contributed by atoms with E-state index >= 15 is 0 Å². The highest BCUT2D eigenvalue weighted by atomic mass is 15.0. The number of nitrogens with one attached hydrogen (secondary N) is 1. The Bertz CT molecular complexity index is 310. The van der Waals surface area contributed by atoms with Crippen LogP contribution >= 0.6 is 0 Å². The Balaban J connectivity index is 1.76. The first kappa shape index (κ1) is 11.7. The molecule has 0 unspecified atom stereocenters. The van der Waals surface area contributed by atoms with Crippen LogP contribution < -0.4 is 5.32 Å². The second kappa shape index (κ2) is 5.53. The molecule has 0 atom stereocenters. The van der Waals surface area contributed by atoms with Gasteiger partial charge in [-0.2, -0.15) is 0 Å². The maximum Gasteiger partial charge on any atom is 0.0361 e. The lowest BCUT2D eigenvalue weighted by molar-refractivity contribution is 0.501. The smallest absolute Gasteiger partial charge is 0.0361 e. The van der Waals surface area contributed by atoms with Crippen molar-refractivity contribution in [2.75, 3.05) is 0 Å². The average molecular weight is 220 g/mol. The lowest BCUT2D eigenvalue weighted by Gasteiger charge is -2.10. The summed E-state index contributed by atoms with van der Waals surface area (Å²) in [6.45, 7) is 6.81. The molecule has 2 heteroatoms. The molecule has 2 rings (SSSR count). The normalized spacial score (nSPS) is 15.9. The standard InChI is InChI=1S/C14H24N2/c1-12(2)5-3-9-16-10-4-6-14(16)11-15-13-7-8-13/h4,6,10,12-13,15H,3,5,7-9,11H2,1-2H3. The molecular formula is C14H24N2. The van der Waals surface area contributed by atoms with Crippen molar-refractivity contribution in [1.82, 2.24) is 9.88 Å². The van der Waals surface area contributed by atoms with Crippen molar-refractivity contribution in [2.45, 2.75) is 58.7 Å². The highest BCUT2D eigenvalue weighted by Gasteiger charge is 2.20. The molecule has 1 N–H and O–H groups in total. The summed E-state index contributed by atoms with van der Waals surface area (Å²) in [6.07, 6.45) is 7.57. The predicted molar refractivity (Wildman–Crippen MR) is 68.4 cm³/mol. The molecule has 1 aromatic heterocycles. The molecule has 1 fully saturated rings. The molecule has 0 spiro atoms. The van der Waals surface area contributed by atoms with Crippen LogP contribution in [-0.2, 0) is 13.1 Å². The molecule has 1 aliphatic rings. The second-order valence-electron chi connectivity index (χ2n) is 5.38. The summed E-state index contributed by atoms with van der Waals surface area (Å²) in [6, 6.07) is 5.21. The van der Waals surface area contributed by atoms with Crippen molar-refractivity contribution in [3.63, 3.8) is 0 Å². The highest BCUT2D eigenvalue weighted by molar-refractivity contribution is 5.07. The van der Waals surface area contributed by atoms with Crippen molar-refractivity contribution in [1.29, 1.82) is 0 Å². The van der Waals surface area contributed by atoms with Gasteiger partial charge in [0.2, 0.25) is 0 Å². The number of aryl methyl sites for hydroxylation is 1. The van der Waals surface area contributed by atoms with Gasteiger partial charge in [-0.25, -0.2) is 0 Å². The summed E-state index contributed by atoms with van der Waals surface area (Å²) in [5, 5.41) is 3.58. The van der Waals surface area contributed by atoms with Crippen LogP contribution in [0.4, 0.5) is 0 Å². The quantitative estimate of drug-likeness (QED) is 0.747. The van der Waals surface area contributed by atoms with Crippen LogP contribution in [0.3, 0.4) is 0 Å². The Kier molecular flexibility index (Phi) is 4.05. The fraction of sp³-hybridized carbons (Fsp3) is 0.714. The number of aromatic nitrogens is 1. The number of hydrogen-bond acceptors (Lipinski definition) is 1. The Labute approximate surface area is 99.0 Å². The van der Waals surface area contributed by atoms with Crippen LogP contribution in [0.2, 0.25) is 0 Å².